The zero-order chi connectivity index (χ0) is 20.4. The van der Waals surface area contributed by atoms with Crippen LogP contribution in [-0.2, 0) is 24.2 Å². The van der Waals surface area contributed by atoms with Crippen molar-refractivity contribution in [1.29, 1.82) is 0 Å². The van der Waals surface area contributed by atoms with Crippen LogP contribution in [0.5, 0.6) is 0 Å². The molecule has 29 heavy (non-hydrogen) atoms. The number of aryl methyl sites for hydroxylation is 2. The van der Waals surface area contributed by atoms with Crippen LogP contribution in [0, 0.1) is 0 Å². The van der Waals surface area contributed by atoms with Crippen LogP contribution in [0.15, 0.2) is 52.9 Å². The highest BCUT2D eigenvalue weighted by molar-refractivity contribution is 7.99. The lowest BCUT2D eigenvalue weighted by Gasteiger charge is -2.17. The molecule has 1 aromatic carbocycles. The van der Waals surface area contributed by atoms with Crippen LogP contribution in [0.4, 0.5) is 5.69 Å². The SMILES string of the molecule is C=CCn1c(SCC(=O)N(C)c2ccccc2)nc2sc3c(c2c1=O)CCCC3. The van der Waals surface area contributed by atoms with Crippen molar-refractivity contribution < 1.29 is 4.79 Å². The minimum atomic E-state index is -0.0360. The van der Waals surface area contributed by atoms with Gasteiger partial charge < -0.3 is 4.90 Å². The van der Waals surface area contributed by atoms with Gasteiger partial charge in [-0.2, -0.15) is 0 Å². The molecule has 0 radical (unpaired) electrons. The zero-order valence-electron chi connectivity index (χ0n) is 16.4. The fourth-order valence-electron chi connectivity index (χ4n) is 3.64. The smallest absolute Gasteiger partial charge is 0.263 e. The van der Waals surface area contributed by atoms with E-state index in [0.29, 0.717) is 11.7 Å². The molecule has 5 nitrogen and oxygen atoms in total. The molecule has 0 aliphatic heterocycles. The number of anilines is 1. The van der Waals surface area contributed by atoms with Gasteiger partial charge in [-0.15, -0.1) is 17.9 Å². The van der Waals surface area contributed by atoms with E-state index in [0.717, 1.165) is 35.2 Å². The van der Waals surface area contributed by atoms with E-state index < -0.39 is 0 Å². The minimum Gasteiger partial charge on any atom is -0.315 e. The van der Waals surface area contributed by atoms with Gasteiger partial charge in [0.1, 0.15) is 4.83 Å². The largest absolute Gasteiger partial charge is 0.315 e. The van der Waals surface area contributed by atoms with Crippen molar-refractivity contribution in [1.82, 2.24) is 9.55 Å². The lowest BCUT2D eigenvalue weighted by Crippen LogP contribution is -2.29. The summed E-state index contributed by atoms with van der Waals surface area (Å²) in [5, 5.41) is 1.35. The number of hydrogen-bond acceptors (Lipinski definition) is 5. The molecule has 0 unspecified atom stereocenters. The van der Waals surface area contributed by atoms with E-state index in [1.807, 2.05) is 30.3 Å². The van der Waals surface area contributed by atoms with Gasteiger partial charge in [0.15, 0.2) is 5.16 Å². The highest BCUT2D eigenvalue weighted by atomic mass is 32.2. The van der Waals surface area contributed by atoms with Crippen LogP contribution in [0.25, 0.3) is 10.2 Å². The van der Waals surface area contributed by atoms with Crippen molar-refractivity contribution in [2.75, 3.05) is 17.7 Å². The Morgan fingerprint density at radius 3 is 2.83 bits per heavy atom. The number of carbonyl (C=O) groups is 1. The Balaban J connectivity index is 1.64. The quantitative estimate of drug-likeness (QED) is 0.336. The second kappa shape index (κ2) is 8.55. The van der Waals surface area contributed by atoms with Gasteiger partial charge in [0.05, 0.1) is 11.1 Å². The first-order valence-electron chi connectivity index (χ1n) is 9.70. The van der Waals surface area contributed by atoms with E-state index in [2.05, 4.69) is 6.58 Å². The van der Waals surface area contributed by atoms with Crippen molar-refractivity contribution in [3.63, 3.8) is 0 Å². The molecule has 2 aromatic heterocycles. The molecular weight excluding hydrogens is 402 g/mol. The van der Waals surface area contributed by atoms with Crippen LogP contribution in [0.2, 0.25) is 0 Å². The van der Waals surface area contributed by atoms with Crippen molar-refractivity contribution >= 4 is 44.9 Å². The molecule has 0 saturated heterocycles. The van der Waals surface area contributed by atoms with Crippen LogP contribution >= 0.6 is 23.1 Å². The first kappa shape index (κ1) is 19.9. The number of carbonyl (C=O) groups excluding carboxylic acids is 1. The third kappa shape index (κ3) is 3.89. The van der Waals surface area contributed by atoms with Gasteiger partial charge >= 0.3 is 0 Å². The van der Waals surface area contributed by atoms with E-state index in [4.69, 9.17) is 4.98 Å². The Morgan fingerprint density at radius 2 is 2.07 bits per heavy atom. The Morgan fingerprint density at radius 1 is 1.31 bits per heavy atom. The highest BCUT2D eigenvalue weighted by Gasteiger charge is 2.22. The molecule has 0 spiro atoms. The number of aromatic nitrogens is 2. The number of thiophene rings is 1. The Kier molecular flexibility index (Phi) is 5.87. The number of fused-ring (bicyclic) bond motifs is 3. The number of allylic oxidation sites excluding steroid dienone is 1. The normalized spacial score (nSPS) is 13.3. The molecule has 1 aliphatic carbocycles. The fraction of sp³-hybridized carbons (Fsp3) is 0.318. The maximum Gasteiger partial charge on any atom is 0.263 e. The second-order valence-electron chi connectivity index (χ2n) is 7.07. The summed E-state index contributed by atoms with van der Waals surface area (Å²) in [7, 11) is 1.76. The molecule has 3 aromatic rings. The summed E-state index contributed by atoms with van der Waals surface area (Å²) in [6, 6.07) is 9.53. The van der Waals surface area contributed by atoms with Crippen LogP contribution < -0.4 is 10.5 Å². The molecule has 2 heterocycles. The van der Waals surface area contributed by atoms with Crippen molar-refractivity contribution in [2.24, 2.45) is 0 Å². The number of nitrogens with zero attached hydrogens (tertiary/aromatic N) is 3. The second-order valence-corrected chi connectivity index (χ2v) is 9.09. The molecule has 0 atom stereocenters. The van der Waals surface area contributed by atoms with Crippen molar-refractivity contribution in [2.45, 2.75) is 37.4 Å². The summed E-state index contributed by atoms with van der Waals surface area (Å²) in [6.07, 6.45) is 5.97. The summed E-state index contributed by atoms with van der Waals surface area (Å²) < 4.78 is 1.65. The molecular formula is C22H23N3O2S2. The molecule has 0 fully saturated rings. The molecule has 0 saturated carbocycles. The summed E-state index contributed by atoms with van der Waals surface area (Å²) >= 11 is 2.95. The monoisotopic (exact) mass is 425 g/mol. The van der Waals surface area contributed by atoms with E-state index in [-0.39, 0.29) is 17.2 Å². The first-order valence-corrected chi connectivity index (χ1v) is 11.5. The lowest BCUT2D eigenvalue weighted by atomic mass is 9.97. The Labute approximate surface area is 178 Å². The molecule has 150 valence electrons. The van der Waals surface area contributed by atoms with Gasteiger partial charge in [-0.3, -0.25) is 14.2 Å². The van der Waals surface area contributed by atoms with Crippen LogP contribution in [0.3, 0.4) is 0 Å². The van der Waals surface area contributed by atoms with Gasteiger partial charge in [0.25, 0.3) is 5.56 Å². The van der Waals surface area contributed by atoms with E-state index >= 15 is 0 Å². The van der Waals surface area contributed by atoms with Gasteiger partial charge in [0.2, 0.25) is 5.91 Å². The summed E-state index contributed by atoms with van der Waals surface area (Å²) in [6.45, 7) is 4.17. The molecule has 4 rings (SSSR count). The molecule has 0 N–H and O–H groups in total. The van der Waals surface area contributed by atoms with Crippen LogP contribution in [0.1, 0.15) is 23.3 Å². The number of thioether (sulfide) groups is 1. The molecule has 1 amide bonds. The first-order chi connectivity index (χ1) is 14.1. The van der Waals surface area contributed by atoms with E-state index in [9.17, 15) is 9.59 Å². The summed E-state index contributed by atoms with van der Waals surface area (Å²) in [5.74, 6) is 0.178. The summed E-state index contributed by atoms with van der Waals surface area (Å²) in [5.41, 5.74) is 2.01. The maximum atomic E-state index is 13.2. The molecule has 0 bridgehead atoms. The van der Waals surface area contributed by atoms with Crippen LogP contribution in [-0.4, -0.2) is 28.3 Å². The third-order valence-electron chi connectivity index (χ3n) is 5.19. The number of amides is 1. The van der Waals surface area contributed by atoms with Gasteiger partial charge in [-0.1, -0.05) is 36.0 Å². The maximum absolute atomic E-state index is 13.2. The number of para-hydroxylation sites is 1. The standard InChI is InChI=1S/C22H23N3O2S2/c1-3-13-25-21(27)19-16-11-7-8-12-17(16)29-20(19)23-22(25)28-14-18(26)24(2)15-9-5-4-6-10-15/h3-6,9-10H,1,7-8,11-14H2,2H3. The predicted octanol–water partition coefficient (Wildman–Crippen LogP) is 4.28. The van der Waals surface area contributed by atoms with Gasteiger partial charge in [0, 0.05) is 24.2 Å². The summed E-state index contributed by atoms with van der Waals surface area (Å²) in [4.78, 5) is 34.4. The number of benzene rings is 1. The Bertz CT molecular complexity index is 1120. The average molecular weight is 426 g/mol. The van der Waals surface area contributed by atoms with Gasteiger partial charge in [-0.25, -0.2) is 4.98 Å². The van der Waals surface area contributed by atoms with Gasteiger partial charge in [-0.05, 0) is 43.4 Å². The minimum absolute atomic E-state index is 0.0133. The van der Waals surface area contributed by atoms with E-state index in [1.54, 1.807) is 33.9 Å². The lowest BCUT2D eigenvalue weighted by molar-refractivity contribution is -0.115. The third-order valence-corrected chi connectivity index (χ3v) is 7.34. The van der Waals surface area contributed by atoms with E-state index in [1.165, 1.54) is 28.6 Å². The topological polar surface area (TPSA) is 55.2 Å². The highest BCUT2D eigenvalue weighted by Crippen LogP contribution is 2.34. The zero-order valence-corrected chi connectivity index (χ0v) is 18.0. The van der Waals surface area contributed by atoms with Crippen molar-refractivity contribution in [3.05, 3.63) is 63.8 Å². The molecule has 1 aliphatic rings. The number of hydrogen-bond donors (Lipinski definition) is 0. The van der Waals surface area contributed by atoms with Crippen molar-refractivity contribution in [3.8, 4) is 0 Å². The Hall–Kier alpha value is -2.38. The average Bonchev–Trinajstić information content (AvgIpc) is 3.13. The predicted molar refractivity (Wildman–Crippen MR) is 121 cm³/mol. The molecule has 7 heteroatoms. The number of rotatable bonds is 6. The fourth-order valence-corrected chi connectivity index (χ4v) is 5.86.